The number of aromatic nitrogens is 2. The summed E-state index contributed by atoms with van der Waals surface area (Å²) in [5.41, 5.74) is 0.337. The Hall–Kier alpha value is -2.87. The monoisotopic (exact) mass is 338 g/mol. The third-order valence-electron chi connectivity index (χ3n) is 3.01. The smallest absolute Gasteiger partial charge is 0.270 e. The minimum Gasteiger partial charge on any atom is -0.337 e. The van der Waals surface area contributed by atoms with Gasteiger partial charge in [0, 0.05) is 23.6 Å². The van der Waals surface area contributed by atoms with Crippen molar-refractivity contribution in [3.05, 3.63) is 64.5 Å². The van der Waals surface area contributed by atoms with Gasteiger partial charge in [0.15, 0.2) is 0 Å². The molecule has 0 unspecified atom stereocenters. The predicted octanol–water partition coefficient (Wildman–Crippen LogP) is 3.98. The summed E-state index contributed by atoms with van der Waals surface area (Å²) in [4.78, 5) is 18.3. The number of rotatable bonds is 3. The van der Waals surface area contributed by atoms with E-state index in [-0.39, 0.29) is 29.6 Å². The average molecular weight is 339 g/mol. The Morgan fingerprint density at radius 3 is 2.57 bits per heavy atom. The molecular weight excluding hydrogens is 330 g/mol. The Morgan fingerprint density at radius 1 is 1.09 bits per heavy atom. The molecule has 0 amide bonds. The van der Waals surface area contributed by atoms with Crippen molar-refractivity contribution in [3.63, 3.8) is 0 Å². The first kappa shape index (κ1) is 16.5. The highest BCUT2D eigenvalue weighted by atomic mass is 35.5. The van der Waals surface area contributed by atoms with E-state index >= 15 is 0 Å². The van der Waals surface area contributed by atoms with Gasteiger partial charge < -0.3 is 5.32 Å². The van der Waals surface area contributed by atoms with Crippen LogP contribution in [-0.4, -0.2) is 14.9 Å². The number of fused-ring (bicyclic) bond motifs is 1. The van der Waals surface area contributed by atoms with Crippen LogP contribution >= 0.6 is 12.4 Å². The normalized spacial score (nSPS) is 10.2. The maximum absolute atomic E-state index is 13.7. The highest BCUT2D eigenvalue weighted by molar-refractivity contribution is 5.92. The predicted molar refractivity (Wildman–Crippen MR) is 83.1 cm³/mol. The standard InChI is InChI=1S/C14H8F2N4O2.ClH/c15-8-1-3-13(11(16)5-8)19-14-10-6-9(20(21)22)2-4-12(10)17-7-18-14;/h1-7H,(H,17,18,19);1H. The first-order valence-electron chi connectivity index (χ1n) is 6.16. The minimum atomic E-state index is -0.794. The van der Waals surface area contributed by atoms with Gasteiger partial charge in [-0.2, -0.15) is 0 Å². The van der Waals surface area contributed by atoms with Crippen LogP contribution in [0.5, 0.6) is 0 Å². The molecule has 23 heavy (non-hydrogen) atoms. The number of nitro groups is 1. The van der Waals surface area contributed by atoms with Crippen LogP contribution in [0.15, 0.2) is 42.7 Å². The van der Waals surface area contributed by atoms with Gasteiger partial charge >= 0.3 is 0 Å². The van der Waals surface area contributed by atoms with Crippen LogP contribution < -0.4 is 5.32 Å². The summed E-state index contributed by atoms with van der Waals surface area (Å²) in [5, 5.41) is 13.9. The molecule has 1 heterocycles. The molecule has 0 saturated carbocycles. The van der Waals surface area contributed by atoms with Gasteiger partial charge in [-0.15, -0.1) is 12.4 Å². The van der Waals surface area contributed by atoms with E-state index in [0.29, 0.717) is 10.9 Å². The molecule has 0 saturated heterocycles. The molecule has 0 atom stereocenters. The summed E-state index contributed by atoms with van der Waals surface area (Å²) in [6.07, 6.45) is 1.25. The number of benzene rings is 2. The number of halogens is 3. The summed E-state index contributed by atoms with van der Waals surface area (Å²) in [7, 11) is 0. The lowest BCUT2D eigenvalue weighted by Gasteiger charge is -2.09. The third-order valence-corrected chi connectivity index (χ3v) is 3.01. The molecule has 2 aromatic carbocycles. The van der Waals surface area contributed by atoms with Gasteiger partial charge in [0.1, 0.15) is 23.8 Å². The van der Waals surface area contributed by atoms with Crippen molar-refractivity contribution in [1.82, 2.24) is 9.97 Å². The molecular formula is C14H9ClF2N4O2. The molecule has 0 aliphatic carbocycles. The van der Waals surface area contributed by atoms with Crippen molar-refractivity contribution in [2.45, 2.75) is 0 Å². The van der Waals surface area contributed by atoms with Gasteiger partial charge in [-0.05, 0) is 18.2 Å². The number of nitro benzene ring substituents is 1. The fourth-order valence-corrected chi connectivity index (χ4v) is 1.98. The molecule has 1 aromatic heterocycles. The summed E-state index contributed by atoms with van der Waals surface area (Å²) in [5.74, 6) is -1.30. The molecule has 118 valence electrons. The first-order chi connectivity index (χ1) is 10.5. The van der Waals surface area contributed by atoms with Crippen molar-refractivity contribution in [3.8, 4) is 0 Å². The summed E-state index contributed by atoms with van der Waals surface area (Å²) < 4.78 is 26.6. The van der Waals surface area contributed by atoms with Gasteiger partial charge in [-0.25, -0.2) is 18.7 Å². The largest absolute Gasteiger partial charge is 0.337 e. The van der Waals surface area contributed by atoms with E-state index < -0.39 is 16.6 Å². The zero-order valence-electron chi connectivity index (χ0n) is 11.4. The van der Waals surface area contributed by atoms with E-state index in [0.717, 1.165) is 12.1 Å². The Labute approximate surface area is 134 Å². The third kappa shape index (κ3) is 3.32. The Kier molecular flexibility index (Phi) is 4.65. The van der Waals surface area contributed by atoms with Crippen LogP contribution in [0.25, 0.3) is 10.9 Å². The quantitative estimate of drug-likeness (QED) is 0.577. The summed E-state index contributed by atoms with van der Waals surface area (Å²) in [6.45, 7) is 0. The van der Waals surface area contributed by atoms with Crippen LogP contribution in [0.2, 0.25) is 0 Å². The van der Waals surface area contributed by atoms with Crippen molar-refractivity contribution in [1.29, 1.82) is 0 Å². The summed E-state index contributed by atoms with van der Waals surface area (Å²) >= 11 is 0. The van der Waals surface area contributed by atoms with Gasteiger partial charge in [0.25, 0.3) is 5.69 Å². The van der Waals surface area contributed by atoms with Crippen LogP contribution in [0, 0.1) is 21.7 Å². The number of hydrogen-bond donors (Lipinski definition) is 1. The molecule has 3 rings (SSSR count). The van der Waals surface area contributed by atoms with Gasteiger partial charge in [-0.1, -0.05) is 0 Å². The van der Waals surface area contributed by atoms with Crippen molar-refractivity contribution in [2.24, 2.45) is 0 Å². The fraction of sp³-hybridized carbons (Fsp3) is 0. The Balaban J connectivity index is 0.00000192. The molecule has 0 radical (unpaired) electrons. The van der Waals surface area contributed by atoms with Crippen LogP contribution in [0.4, 0.5) is 26.0 Å². The van der Waals surface area contributed by atoms with E-state index in [1.165, 1.54) is 30.6 Å². The number of hydrogen-bond acceptors (Lipinski definition) is 5. The lowest BCUT2D eigenvalue weighted by molar-refractivity contribution is -0.384. The minimum absolute atomic E-state index is 0. The van der Waals surface area contributed by atoms with Crippen molar-refractivity contribution >= 4 is 40.5 Å². The van der Waals surface area contributed by atoms with E-state index in [4.69, 9.17) is 0 Å². The second-order valence-electron chi connectivity index (χ2n) is 4.43. The Bertz CT molecular complexity index is 892. The molecule has 3 aromatic rings. The van der Waals surface area contributed by atoms with Crippen LogP contribution in [0.1, 0.15) is 0 Å². The molecule has 6 nitrogen and oxygen atoms in total. The lowest BCUT2D eigenvalue weighted by Crippen LogP contribution is -1.99. The van der Waals surface area contributed by atoms with Crippen molar-refractivity contribution < 1.29 is 13.7 Å². The molecule has 0 aliphatic rings. The van der Waals surface area contributed by atoms with Gasteiger partial charge in [0.05, 0.1) is 16.1 Å². The topological polar surface area (TPSA) is 81.0 Å². The highest BCUT2D eigenvalue weighted by Crippen LogP contribution is 2.27. The molecule has 9 heteroatoms. The highest BCUT2D eigenvalue weighted by Gasteiger charge is 2.12. The second kappa shape index (κ2) is 6.49. The van der Waals surface area contributed by atoms with Gasteiger partial charge in [-0.3, -0.25) is 10.1 Å². The number of nitrogens with zero attached hydrogens (tertiary/aromatic N) is 3. The van der Waals surface area contributed by atoms with E-state index in [2.05, 4.69) is 15.3 Å². The number of nitrogens with one attached hydrogen (secondary N) is 1. The average Bonchev–Trinajstić information content (AvgIpc) is 2.49. The number of anilines is 2. The lowest BCUT2D eigenvalue weighted by atomic mass is 10.2. The van der Waals surface area contributed by atoms with Crippen LogP contribution in [0.3, 0.4) is 0 Å². The molecule has 0 bridgehead atoms. The maximum Gasteiger partial charge on any atom is 0.270 e. The zero-order chi connectivity index (χ0) is 15.7. The van der Waals surface area contributed by atoms with E-state index in [9.17, 15) is 18.9 Å². The molecule has 0 fully saturated rings. The molecule has 0 spiro atoms. The summed E-state index contributed by atoms with van der Waals surface area (Å²) in [6, 6.07) is 7.12. The SMILES string of the molecule is Cl.O=[N+]([O-])c1ccc2ncnc(Nc3ccc(F)cc3F)c2c1. The number of non-ortho nitro benzene ring substituents is 1. The van der Waals surface area contributed by atoms with E-state index in [1.54, 1.807) is 0 Å². The fourth-order valence-electron chi connectivity index (χ4n) is 1.98. The molecule has 1 N–H and O–H groups in total. The van der Waals surface area contributed by atoms with E-state index in [1.807, 2.05) is 0 Å². The second-order valence-corrected chi connectivity index (χ2v) is 4.43. The Morgan fingerprint density at radius 2 is 1.87 bits per heavy atom. The van der Waals surface area contributed by atoms with Crippen LogP contribution in [-0.2, 0) is 0 Å². The molecule has 0 aliphatic heterocycles. The van der Waals surface area contributed by atoms with Crippen molar-refractivity contribution in [2.75, 3.05) is 5.32 Å². The maximum atomic E-state index is 13.7. The zero-order valence-corrected chi connectivity index (χ0v) is 12.2. The van der Waals surface area contributed by atoms with Gasteiger partial charge in [0.2, 0.25) is 0 Å². The first-order valence-corrected chi connectivity index (χ1v) is 6.16.